The van der Waals surface area contributed by atoms with Crippen LogP contribution in [-0.4, -0.2) is 11.7 Å². The highest BCUT2D eigenvalue weighted by molar-refractivity contribution is 6.03. The SMILES string of the molecule is C/C(NC(=O)c1cccc(F)c1)=C1/C(=O)C[C@H]2[C@@H]1C2(C)C. The van der Waals surface area contributed by atoms with Gasteiger partial charge in [-0.2, -0.15) is 0 Å². The molecule has 1 aromatic carbocycles. The fraction of sp³-hybridized carbons (Fsp3) is 0.412. The van der Waals surface area contributed by atoms with E-state index in [4.69, 9.17) is 0 Å². The van der Waals surface area contributed by atoms with E-state index < -0.39 is 5.82 Å². The number of amides is 1. The summed E-state index contributed by atoms with van der Waals surface area (Å²) in [5.41, 5.74) is 1.75. The van der Waals surface area contributed by atoms with Crippen molar-refractivity contribution in [1.82, 2.24) is 5.32 Å². The number of ketones is 1. The zero-order valence-corrected chi connectivity index (χ0v) is 12.4. The second-order valence-electron chi connectivity index (χ2n) is 6.54. The van der Waals surface area contributed by atoms with Gasteiger partial charge >= 0.3 is 0 Å². The molecule has 0 spiro atoms. The topological polar surface area (TPSA) is 46.2 Å². The van der Waals surface area contributed by atoms with Crippen LogP contribution in [0.25, 0.3) is 0 Å². The van der Waals surface area contributed by atoms with Gasteiger partial charge in [0.25, 0.3) is 5.91 Å². The van der Waals surface area contributed by atoms with Crippen molar-refractivity contribution in [3.05, 3.63) is 46.9 Å². The number of fused-ring (bicyclic) bond motifs is 1. The van der Waals surface area contributed by atoms with Gasteiger partial charge in [-0.15, -0.1) is 0 Å². The summed E-state index contributed by atoms with van der Waals surface area (Å²) >= 11 is 0. The monoisotopic (exact) mass is 287 g/mol. The summed E-state index contributed by atoms with van der Waals surface area (Å²) < 4.78 is 13.2. The molecule has 1 aromatic rings. The third kappa shape index (κ3) is 2.19. The molecule has 0 aliphatic heterocycles. The molecule has 2 aliphatic rings. The highest BCUT2D eigenvalue weighted by Gasteiger charge is 2.65. The average molecular weight is 287 g/mol. The molecular weight excluding hydrogens is 269 g/mol. The Balaban J connectivity index is 1.83. The van der Waals surface area contributed by atoms with Crippen LogP contribution in [-0.2, 0) is 4.79 Å². The first-order chi connectivity index (χ1) is 9.82. The minimum atomic E-state index is -0.451. The Morgan fingerprint density at radius 1 is 1.38 bits per heavy atom. The van der Waals surface area contributed by atoms with Crippen molar-refractivity contribution in [2.45, 2.75) is 27.2 Å². The van der Waals surface area contributed by atoms with Crippen LogP contribution < -0.4 is 5.32 Å². The quantitative estimate of drug-likeness (QED) is 0.850. The Morgan fingerprint density at radius 2 is 2.10 bits per heavy atom. The van der Waals surface area contributed by atoms with Gasteiger partial charge in [0.1, 0.15) is 5.82 Å². The van der Waals surface area contributed by atoms with E-state index in [1.807, 2.05) is 0 Å². The summed E-state index contributed by atoms with van der Waals surface area (Å²) in [6.07, 6.45) is 0.570. The maximum Gasteiger partial charge on any atom is 0.255 e. The maximum atomic E-state index is 13.2. The fourth-order valence-corrected chi connectivity index (χ4v) is 3.56. The van der Waals surface area contributed by atoms with Gasteiger partial charge in [-0.05, 0) is 42.4 Å². The van der Waals surface area contributed by atoms with Gasteiger partial charge in [0, 0.05) is 23.3 Å². The first kappa shape index (κ1) is 14.0. The lowest BCUT2D eigenvalue weighted by Crippen LogP contribution is -2.24. The Bertz CT molecular complexity index is 675. The molecule has 3 rings (SSSR count). The Kier molecular flexibility index (Phi) is 3.01. The summed E-state index contributed by atoms with van der Waals surface area (Å²) in [6.45, 7) is 6.05. The van der Waals surface area contributed by atoms with Crippen molar-refractivity contribution < 1.29 is 14.0 Å². The number of carbonyl (C=O) groups excluding carboxylic acids is 2. The van der Waals surface area contributed by atoms with E-state index in [1.165, 1.54) is 18.2 Å². The molecule has 2 atom stereocenters. The van der Waals surface area contributed by atoms with E-state index in [9.17, 15) is 14.0 Å². The van der Waals surface area contributed by atoms with Gasteiger partial charge in [-0.3, -0.25) is 9.59 Å². The van der Waals surface area contributed by atoms with E-state index in [2.05, 4.69) is 19.2 Å². The largest absolute Gasteiger partial charge is 0.326 e. The smallest absolute Gasteiger partial charge is 0.255 e. The molecule has 0 heterocycles. The molecule has 0 aromatic heterocycles. The second kappa shape index (κ2) is 4.52. The number of hydrogen-bond acceptors (Lipinski definition) is 2. The Morgan fingerprint density at radius 3 is 2.71 bits per heavy atom. The van der Waals surface area contributed by atoms with Crippen LogP contribution in [0.5, 0.6) is 0 Å². The van der Waals surface area contributed by atoms with Crippen LogP contribution in [0.4, 0.5) is 4.39 Å². The van der Waals surface area contributed by atoms with Crippen molar-refractivity contribution in [3.8, 4) is 0 Å². The number of benzene rings is 1. The normalized spacial score (nSPS) is 28.1. The van der Waals surface area contributed by atoms with Crippen molar-refractivity contribution in [2.24, 2.45) is 17.3 Å². The minimum Gasteiger partial charge on any atom is -0.326 e. The third-order valence-corrected chi connectivity index (χ3v) is 4.86. The second-order valence-corrected chi connectivity index (χ2v) is 6.54. The van der Waals surface area contributed by atoms with E-state index in [-0.39, 0.29) is 28.6 Å². The number of allylic oxidation sites excluding steroid dienone is 2. The van der Waals surface area contributed by atoms with E-state index in [0.717, 1.165) is 5.57 Å². The van der Waals surface area contributed by atoms with Crippen molar-refractivity contribution >= 4 is 11.7 Å². The van der Waals surface area contributed by atoms with Gasteiger partial charge in [0.15, 0.2) is 5.78 Å². The standard InChI is InChI=1S/C17H18FNO2/c1-9(14-13(20)8-12-15(14)17(12,2)3)19-16(21)10-5-4-6-11(18)7-10/h4-7,12,15H,8H2,1-3H3,(H,19,21)/b14-9+/t12-,15-/m0/s1. The summed E-state index contributed by atoms with van der Waals surface area (Å²) in [5, 5.41) is 2.74. The number of carbonyl (C=O) groups is 2. The lowest BCUT2D eigenvalue weighted by atomic mass is 9.95. The first-order valence-electron chi connectivity index (χ1n) is 7.13. The highest BCUT2D eigenvalue weighted by atomic mass is 19.1. The van der Waals surface area contributed by atoms with Gasteiger partial charge in [-0.1, -0.05) is 19.9 Å². The molecule has 0 saturated heterocycles. The molecule has 1 amide bonds. The van der Waals surface area contributed by atoms with E-state index in [1.54, 1.807) is 13.0 Å². The summed E-state index contributed by atoms with van der Waals surface area (Å²) in [4.78, 5) is 24.2. The van der Waals surface area contributed by atoms with E-state index in [0.29, 0.717) is 18.0 Å². The van der Waals surface area contributed by atoms with Gasteiger partial charge < -0.3 is 5.32 Å². The molecule has 110 valence electrons. The van der Waals surface area contributed by atoms with Gasteiger partial charge in [0.2, 0.25) is 0 Å². The molecule has 21 heavy (non-hydrogen) atoms. The van der Waals surface area contributed by atoms with Crippen LogP contribution >= 0.6 is 0 Å². The summed E-state index contributed by atoms with van der Waals surface area (Å²) in [5.74, 6) is -0.0531. The predicted molar refractivity (Wildman–Crippen MR) is 77.0 cm³/mol. The molecule has 2 fully saturated rings. The number of halogens is 1. The summed E-state index contributed by atoms with van der Waals surface area (Å²) in [7, 11) is 0. The molecule has 2 aliphatic carbocycles. The predicted octanol–water partition coefficient (Wildman–Crippen LogP) is 3.07. The Hall–Kier alpha value is -1.97. The van der Waals surface area contributed by atoms with E-state index >= 15 is 0 Å². The van der Waals surface area contributed by atoms with Crippen LogP contribution in [0, 0.1) is 23.1 Å². The zero-order chi connectivity index (χ0) is 15.4. The lowest BCUT2D eigenvalue weighted by Gasteiger charge is -2.13. The third-order valence-electron chi connectivity index (χ3n) is 4.86. The average Bonchev–Trinajstić information content (AvgIpc) is 2.78. The number of hydrogen-bond donors (Lipinski definition) is 1. The molecule has 0 unspecified atom stereocenters. The first-order valence-corrected chi connectivity index (χ1v) is 7.13. The van der Waals surface area contributed by atoms with Gasteiger partial charge in [-0.25, -0.2) is 4.39 Å². The van der Waals surface area contributed by atoms with Crippen LogP contribution in [0.15, 0.2) is 35.5 Å². The maximum absolute atomic E-state index is 13.2. The van der Waals surface area contributed by atoms with Crippen LogP contribution in [0.1, 0.15) is 37.6 Å². The zero-order valence-electron chi connectivity index (χ0n) is 12.4. The minimum absolute atomic E-state index is 0.126. The lowest BCUT2D eigenvalue weighted by molar-refractivity contribution is -0.115. The number of nitrogens with one attached hydrogen (secondary N) is 1. The fourth-order valence-electron chi connectivity index (χ4n) is 3.56. The summed E-state index contributed by atoms with van der Waals surface area (Å²) in [6, 6.07) is 5.53. The molecular formula is C17H18FNO2. The molecule has 2 saturated carbocycles. The molecule has 3 nitrogen and oxygen atoms in total. The highest BCUT2D eigenvalue weighted by Crippen LogP contribution is 2.68. The van der Waals surface area contributed by atoms with Crippen molar-refractivity contribution in [3.63, 3.8) is 0 Å². The molecule has 4 heteroatoms. The van der Waals surface area contributed by atoms with Gasteiger partial charge in [0.05, 0.1) is 0 Å². The molecule has 1 N–H and O–H groups in total. The number of rotatable bonds is 2. The number of Topliss-reactive ketones (excluding diaryl/α,β-unsaturated/α-hetero) is 1. The van der Waals surface area contributed by atoms with Crippen molar-refractivity contribution in [2.75, 3.05) is 0 Å². The Labute approximate surface area is 123 Å². The van der Waals surface area contributed by atoms with Crippen LogP contribution in [0.2, 0.25) is 0 Å². The molecule has 0 radical (unpaired) electrons. The van der Waals surface area contributed by atoms with Crippen LogP contribution in [0.3, 0.4) is 0 Å². The van der Waals surface area contributed by atoms with Crippen molar-refractivity contribution in [1.29, 1.82) is 0 Å². The molecule has 0 bridgehead atoms.